The van der Waals surface area contributed by atoms with E-state index in [2.05, 4.69) is 55.6 Å². The highest BCUT2D eigenvalue weighted by Gasteiger charge is 2.44. The molecule has 0 aliphatic heterocycles. The van der Waals surface area contributed by atoms with Gasteiger partial charge in [-0.05, 0) is 47.1 Å². The Morgan fingerprint density at radius 1 is 1.18 bits per heavy atom. The summed E-state index contributed by atoms with van der Waals surface area (Å²) in [6.45, 7) is 6.52. The minimum Gasteiger partial charge on any atom is -0.455 e. The first-order valence-corrected chi connectivity index (χ1v) is 11.0. The van der Waals surface area contributed by atoms with Crippen LogP contribution in [0.5, 0.6) is 0 Å². The zero-order chi connectivity index (χ0) is 23.8. The average molecular weight is 466 g/mol. The van der Waals surface area contributed by atoms with Gasteiger partial charge in [0.1, 0.15) is 11.5 Å². The molecule has 0 spiro atoms. The summed E-state index contributed by atoms with van der Waals surface area (Å²) >= 11 is 6.15. The largest absolute Gasteiger partial charge is 0.455 e. The lowest BCUT2D eigenvalue weighted by Gasteiger charge is -2.19. The Labute approximate surface area is 196 Å². The summed E-state index contributed by atoms with van der Waals surface area (Å²) in [5.74, 6) is 0.735. The van der Waals surface area contributed by atoms with Crippen molar-refractivity contribution in [3.05, 3.63) is 86.6 Å². The number of rotatable bonds is 6. The summed E-state index contributed by atoms with van der Waals surface area (Å²) < 4.78 is 5.66. The van der Waals surface area contributed by atoms with Gasteiger partial charge in [-0.2, -0.15) is 5.10 Å². The van der Waals surface area contributed by atoms with Gasteiger partial charge in [0.15, 0.2) is 0 Å². The average Bonchev–Trinajstić information content (AvgIpc) is 3.44. The van der Waals surface area contributed by atoms with Crippen LogP contribution in [0.2, 0.25) is 5.02 Å². The molecule has 2 atom stereocenters. The first-order valence-electron chi connectivity index (χ1n) is 10.6. The van der Waals surface area contributed by atoms with Crippen molar-refractivity contribution in [3.63, 3.8) is 0 Å². The van der Waals surface area contributed by atoms with Crippen LogP contribution in [0, 0.1) is 16.0 Å². The van der Waals surface area contributed by atoms with Gasteiger partial charge in [-0.1, -0.05) is 56.6 Å². The van der Waals surface area contributed by atoms with Gasteiger partial charge in [0.2, 0.25) is 5.91 Å². The number of benzene rings is 2. The van der Waals surface area contributed by atoms with Gasteiger partial charge in [-0.3, -0.25) is 14.9 Å². The molecule has 2 aromatic carbocycles. The lowest BCUT2D eigenvalue weighted by Crippen LogP contribution is -2.20. The van der Waals surface area contributed by atoms with Gasteiger partial charge in [-0.15, -0.1) is 0 Å². The predicted octanol–water partition coefficient (Wildman–Crippen LogP) is 6.06. The Morgan fingerprint density at radius 3 is 2.58 bits per heavy atom. The summed E-state index contributed by atoms with van der Waals surface area (Å²) in [5, 5.41) is 15.3. The second-order valence-corrected chi connectivity index (χ2v) is 9.59. The Morgan fingerprint density at radius 2 is 1.91 bits per heavy atom. The molecule has 3 aromatic rings. The molecular weight excluding hydrogens is 442 g/mol. The van der Waals surface area contributed by atoms with Crippen molar-refractivity contribution in [3.8, 4) is 11.3 Å². The normalized spacial score (nSPS) is 17.8. The van der Waals surface area contributed by atoms with E-state index < -0.39 is 4.92 Å². The monoisotopic (exact) mass is 465 g/mol. The second-order valence-electron chi connectivity index (χ2n) is 9.18. The van der Waals surface area contributed by atoms with E-state index in [0.29, 0.717) is 22.1 Å². The molecule has 2 unspecified atom stereocenters. The molecule has 33 heavy (non-hydrogen) atoms. The molecule has 1 aromatic heterocycles. The quantitative estimate of drug-likeness (QED) is 0.272. The topological polar surface area (TPSA) is 97.7 Å². The highest BCUT2D eigenvalue weighted by Crippen LogP contribution is 2.47. The predicted molar refractivity (Wildman–Crippen MR) is 128 cm³/mol. The van der Waals surface area contributed by atoms with Crippen molar-refractivity contribution >= 4 is 29.4 Å². The standard InChI is InChI=1S/C25H24ClN3O4/c1-25(2,3)16-6-4-15(5-7-16)19-13-20(19)24(30)28-27-14-18-9-11-23(33-18)21-12-17(29(31)32)8-10-22(21)26/h4-12,14,19-20H,13H2,1-3H3,(H,28,30)/b27-14-. The van der Waals surface area contributed by atoms with Gasteiger partial charge in [0, 0.05) is 23.6 Å². The van der Waals surface area contributed by atoms with Crippen LogP contribution >= 0.6 is 11.6 Å². The number of nitrogens with zero attached hydrogens (tertiary/aromatic N) is 2. The van der Waals surface area contributed by atoms with E-state index in [1.54, 1.807) is 12.1 Å². The number of nitrogens with one attached hydrogen (secondary N) is 1. The molecule has 1 N–H and O–H groups in total. The number of hydrogen-bond donors (Lipinski definition) is 1. The molecule has 1 saturated carbocycles. The fourth-order valence-electron chi connectivity index (χ4n) is 3.71. The number of hydrazone groups is 1. The second kappa shape index (κ2) is 8.83. The van der Waals surface area contributed by atoms with Crippen LogP contribution in [-0.4, -0.2) is 17.0 Å². The highest BCUT2D eigenvalue weighted by molar-refractivity contribution is 6.33. The zero-order valence-corrected chi connectivity index (χ0v) is 19.3. The van der Waals surface area contributed by atoms with Crippen LogP contribution in [0.15, 0.2) is 64.1 Å². The first-order chi connectivity index (χ1) is 15.6. The molecule has 1 aliphatic carbocycles. The third kappa shape index (κ3) is 5.14. The number of carbonyl (C=O) groups is 1. The van der Waals surface area contributed by atoms with Crippen molar-refractivity contribution in [2.45, 2.75) is 38.5 Å². The fourth-order valence-corrected chi connectivity index (χ4v) is 3.92. The zero-order valence-electron chi connectivity index (χ0n) is 18.5. The molecule has 0 radical (unpaired) electrons. The summed E-state index contributed by atoms with van der Waals surface area (Å²) in [7, 11) is 0. The van der Waals surface area contributed by atoms with Gasteiger partial charge in [-0.25, -0.2) is 5.43 Å². The Balaban J connectivity index is 1.35. The van der Waals surface area contributed by atoms with Crippen molar-refractivity contribution in [1.82, 2.24) is 5.43 Å². The van der Waals surface area contributed by atoms with Crippen molar-refractivity contribution in [2.24, 2.45) is 11.0 Å². The van der Waals surface area contributed by atoms with Gasteiger partial charge in [0.05, 0.1) is 16.2 Å². The number of furan rings is 1. The van der Waals surface area contributed by atoms with Crippen LogP contribution in [0.25, 0.3) is 11.3 Å². The highest BCUT2D eigenvalue weighted by atomic mass is 35.5. The van der Waals surface area contributed by atoms with E-state index in [0.717, 1.165) is 12.0 Å². The van der Waals surface area contributed by atoms with Gasteiger partial charge < -0.3 is 4.42 Å². The van der Waals surface area contributed by atoms with E-state index >= 15 is 0 Å². The van der Waals surface area contributed by atoms with Crippen LogP contribution in [-0.2, 0) is 10.2 Å². The SMILES string of the molecule is CC(C)(C)c1ccc(C2CC2C(=O)N/N=C\c2ccc(-c3cc([N+](=O)[O-])ccc3Cl)o2)cc1. The van der Waals surface area contributed by atoms with Crippen LogP contribution in [0.4, 0.5) is 5.69 Å². The Kier molecular flexibility index (Phi) is 6.08. The number of carbonyl (C=O) groups excluding carboxylic acids is 1. The third-order valence-corrected chi connectivity index (χ3v) is 6.08. The number of nitro groups is 1. The molecule has 170 valence electrons. The molecule has 0 bridgehead atoms. The Hall–Kier alpha value is -3.45. The molecule has 1 fully saturated rings. The number of non-ortho nitro benzene ring substituents is 1. The number of hydrogen-bond acceptors (Lipinski definition) is 5. The van der Waals surface area contributed by atoms with E-state index in [1.807, 2.05) is 0 Å². The molecular formula is C25H24ClN3O4. The van der Waals surface area contributed by atoms with Crippen molar-refractivity contribution in [1.29, 1.82) is 0 Å². The molecule has 8 heteroatoms. The van der Waals surface area contributed by atoms with E-state index in [4.69, 9.17) is 16.0 Å². The van der Waals surface area contributed by atoms with Crippen molar-refractivity contribution < 1.29 is 14.1 Å². The molecule has 7 nitrogen and oxygen atoms in total. The number of amides is 1. The van der Waals surface area contributed by atoms with Crippen LogP contribution < -0.4 is 5.43 Å². The molecule has 1 amide bonds. The smallest absolute Gasteiger partial charge is 0.270 e. The first kappa shape index (κ1) is 22.7. The summed E-state index contributed by atoms with van der Waals surface area (Å²) in [6, 6.07) is 15.9. The summed E-state index contributed by atoms with van der Waals surface area (Å²) in [4.78, 5) is 23.0. The minimum atomic E-state index is -0.495. The lowest BCUT2D eigenvalue weighted by atomic mass is 9.86. The van der Waals surface area contributed by atoms with E-state index in [9.17, 15) is 14.9 Å². The summed E-state index contributed by atoms with van der Waals surface area (Å²) in [5.41, 5.74) is 5.42. The maximum absolute atomic E-state index is 12.4. The van der Waals surface area contributed by atoms with Gasteiger partial charge in [0.25, 0.3) is 5.69 Å². The molecule has 0 saturated heterocycles. The van der Waals surface area contributed by atoms with E-state index in [1.165, 1.54) is 30.0 Å². The van der Waals surface area contributed by atoms with Crippen molar-refractivity contribution in [2.75, 3.05) is 0 Å². The van der Waals surface area contributed by atoms with Gasteiger partial charge >= 0.3 is 0 Å². The van der Waals surface area contributed by atoms with E-state index in [-0.39, 0.29) is 28.8 Å². The van der Waals surface area contributed by atoms with Crippen LogP contribution in [0.3, 0.4) is 0 Å². The third-order valence-electron chi connectivity index (χ3n) is 5.75. The number of nitro benzene ring substituents is 1. The number of halogens is 1. The molecule has 4 rings (SSSR count). The Bertz CT molecular complexity index is 1230. The van der Waals surface area contributed by atoms with Crippen LogP contribution in [0.1, 0.15) is 50.0 Å². The molecule has 1 heterocycles. The summed E-state index contributed by atoms with van der Waals surface area (Å²) in [6.07, 6.45) is 2.19. The lowest BCUT2D eigenvalue weighted by molar-refractivity contribution is -0.384. The maximum Gasteiger partial charge on any atom is 0.270 e. The molecule has 1 aliphatic rings. The maximum atomic E-state index is 12.4. The fraction of sp³-hybridized carbons (Fsp3) is 0.280. The minimum absolute atomic E-state index is 0.0830.